The van der Waals surface area contributed by atoms with Gasteiger partial charge in [0, 0.05) is 53.8 Å². The van der Waals surface area contributed by atoms with E-state index in [9.17, 15) is 37.5 Å². The number of pyridine rings is 1. The molecule has 3 fully saturated rings. The molecule has 0 saturated carbocycles. The highest BCUT2D eigenvalue weighted by atomic mass is 79.9. The van der Waals surface area contributed by atoms with Gasteiger partial charge in [0.15, 0.2) is 5.75 Å². The third-order valence-corrected chi connectivity index (χ3v) is 12.9. The van der Waals surface area contributed by atoms with Gasteiger partial charge in [0.25, 0.3) is 0 Å². The van der Waals surface area contributed by atoms with Gasteiger partial charge < -0.3 is 39.4 Å². The van der Waals surface area contributed by atoms with Crippen LogP contribution in [0.1, 0.15) is 48.5 Å². The number of ether oxygens (including phenoxy) is 3. The van der Waals surface area contributed by atoms with Crippen molar-refractivity contribution in [3.63, 3.8) is 0 Å². The van der Waals surface area contributed by atoms with E-state index in [2.05, 4.69) is 55.7 Å². The molecule has 4 heterocycles. The number of likely N-dealkylation sites (N-methyl/N-ethyl adjacent to an activating group) is 1. The highest BCUT2D eigenvalue weighted by Gasteiger charge is 2.70. The number of nitrogens with zero attached hydrogens (tertiary/aromatic N) is 1. The molecule has 3 saturated heterocycles. The number of epoxide rings is 1. The van der Waals surface area contributed by atoms with Crippen molar-refractivity contribution in [3.8, 4) is 16.9 Å². The molecule has 0 aliphatic carbocycles. The average Bonchev–Trinajstić information content (AvgIpc) is 4.01. The van der Waals surface area contributed by atoms with Gasteiger partial charge in [-0.1, -0.05) is 48.5 Å². The Bertz CT molecular complexity index is 2590. The number of aromatic amines is 1. The molecule has 17 heteroatoms. The summed E-state index contributed by atoms with van der Waals surface area (Å²) >= 11 is 3.53. The standard InChI is InChI=1S/C46H45BrF3N5O8/c1-55(2)35-21-28(22-36(55)43-42(35)63-43)61-45(60)53-33-15-11-25(19-31(33)27-8-4-3-5-9-27)7-6-10-39(57)52-34-16-12-26(20-32(34)47)23-51-24-37(56)29-13-17-38(62-44(59)46(48,49)50)41-30(29)14-18-40(58)54-41/h3-5,8-9,11-20,28,35-37,42-43,51,56H,6-7,10,21-24H2,1-2H3,(H2-,52,53,54,57,58,60)/p+1/t28?,35-,36+,37-,42-,43+/m0/s1. The van der Waals surface area contributed by atoms with Crippen molar-refractivity contribution in [2.75, 3.05) is 31.3 Å². The molecular formula is C46H46BrF3N5O8+. The van der Waals surface area contributed by atoms with E-state index in [1.165, 1.54) is 12.1 Å². The van der Waals surface area contributed by atoms with Gasteiger partial charge >= 0.3 is 18.2 Å². The number of aliphatic hydroxyl groups excluding tert-OH is 1. The van der Waals surface area contributed by atoms with Crippen LogP contribution in [0.4, 0.5) is 29.3 Å². The van der Waals surface area contributed by atoms with E-state index in [1.807, 2.05) is 60.7 Å². The normalized spacial score (nSPS) is 21.3. The number of benzene rings is 4. The molecule has 13 nitrogen and oxygen atoms in total. The van der Waals surface area contributed by atoms with Gasteiger partial charge in [-0.3, -0.25) is 14.9 Å². The number of H-pyrrole nitrogens is 1. The number of fused-ring (bicyclic) bond motifs is 6. The monoisotopic (exact) mass is 932 g/mol. The molecule has 6 atom stereocenters. The Hall–Kier alpha value is -5.59. The first-order chi connectivity index (χ1) is 30.0. The number of amides is 2. The molecule has 63 heavy (non-hydrogen) atoms. The summed E-state index contributed by atoms with van der Waals surface area (Å²) in [6.07, 6.45) is -3.47. The first-order valence-electron chi connectivity index (χ1n) is 20.6. The molecule has 2 amide bonds. The molecule has 5 N–H and O–H groups in total. The Morgan fingerprint density at radius 2 is 1.63 bits per heavy atom. The van der Waals surface area contributed by atoms with Crippen LogP contribution in [0.15, 0.2) is 100 Å². The fraction of sp³-hybridized carbons (Fsp3) is 0.348. The zero-order chi connectivity index (χ0) is 44.6. The number of alkyl halides is 3. The van der Waals surface area contributed by atoms with Crippen molar-refractivity contribution in [1.82, 2.24) is 10.3 Å². The minimum absolute atomic E-state index is 0.0289. The molecule has 5 aromatic rings. The summed E-state index contributed by atoms with van der Waals surface area (Å²) in [5.41, 5.74) is 4.37. The van der Waals surface area contributed by atoms with Crippen molar-refractivity contribution >= 4 is 56.2 Å². The number of quaternary nitrogens is 1. The lowest BCUT2D eigenvalue weighted by Crippen LogP contribution is -2.60. The molecule has 1 unspecified atom stereocenters. The Morgan fingerprint density at radius 3 is 2.35 bits per heavy atom. The molecule has 3 aliphatic heterocycles. The van der Waals surface area contributed by atoms with Gasteiger partial charge in [0.2, 0.25) is 11.5 Å². The van der Waals surface area contributed by atoms with Crippen LogP contribution in [0.25, 0.3) is 22.0 Å². The van der Waals surface area contributed by atoms with E-state index in [-0.39, 0.29) is 48.1 Å². The summed E-state index contributed by atoms with van der Waals surface area (Å²) in [7, 11) is 4.48. The third-order valence-electron chi connectivity index (χ3n) is 12.2. The van der Waals surface area contributed by atoms with E-state index in [0.717, 1.165) is 51.7 Å². The van der Waals surface area contributed by atoms with Crippen LogP contribution in [0.3, 0.4) is 0 Å². The van der Waals surface area contributed by atoms with E-state index in [0.29, 0.717) is 52.9 Å². The number of aromatic nitrogens is 1. The van der Waals surface area contributed by atoms with Crippen molar-refractivity contribution in [2.45, 2.75) is 81.3 Å². The minimum Gasteiger partial charge on any atom is -0.445 e. The van der Waals surface area contributed by atoms with Gasteiger partial charge in [0.1, 0.15) is 30.4 Å². The van der Waals surface area contributed by atoms with E-state index < -0.39 is 35.7 Å². The number of nitrogens with one attached hydrogen (secondary N) is 4. The quantitative estimate of drug-likeness (QED) is 0.0327. The molecule has 2 bridgehead atoms. The zero-order valence-electron chi connectivity index (χ0n) is 34.3. The number of rotatable bonds is 14. The fourth-order valence-electron chi connectivity index (χ4n) is 8.98. The van der Waals surface area contributed by atoms with Crippen molar-refractivity contribution in [2.24, 2.45) is 0 Å². The predicted octanol–water partition coefficient (Wildman–Crippen LogP) is 7.52. The summed E-state index contributed by atoms with van der Waals surface area (Å²) in [5.74, 6) is -3.10. The Balaban J connectivity index is 0.820. The number of morpholine rings is 1. The number of esters is 1. The molecule has 0 radical (unpaired) electrons. The van der Waals surface area contributed by atoms with Crippen molar-refractivity contribution in [1.29, 1.82) is 0 Å². The second-order valence-electron chi connectivity index (χ2n) is 16.7. The number of piperidine rings is 1. The number of anilines is 2. The SMILES string of the molecule is C[N+]1(C)[C@@H]2CC(OC(=O)Nc3ccc(CCCC(=O)Nc4ccc(CNC[C@H](O)c5ccc(OC(=O)C(F)(F)F)c6[nH]c(=O)ccc56)cc4Br)cc3-c3ccccc3)C[C@H]1[C@@H]1O[C@@H]12. The Morgan fingerprint density at radius 1 is 0.921 bits per heavy atom. The van der Waals surface area contributed by atoms with Gasteiger partial charge in [-0.25, -0.2) is 9.59 Å². The Labute approximate surface area is 368 Å². The van der Waals surface area contributed by atoms with Crippen LogP contribution in [-0.4, -0.2) is 89.8 Å². The topological polar surface area (TPSA) is 171 Å². The zero-order valence-corrected chi connectivity index (χ0v) is 35.9. The number of aliphatic hydroxyl groups is 1. The summed E-state index contributed by atoms with van der Waals surface area (Å²) in [6.45, 7) is 0.345. The van der Waals surface area contributed by atoms with Crippen LogP contribution >= 0.6 is 15.9 Å². The van der Waals surface area contributed by atoms with Gasteiger partial charge in [0.05, 0.1) is 37.1 Å². The Kier molecular flexibility index (Phi) is 12.5. The molecule has 4 aromatic carbocycles. The number of hydrogen-bond donors (Lipinski definition) is 5. The van der Waals surface area contributed by atoms with Gasteiger partial charge in [-0.2, -0.15) is 13.2 Å². The lowest BCUT2D eigenvalue weighted by Gasteiger charge is -2.45. The van der Waals surface area contributed by atoms with E-state index in [4.69, 9.17) is 9.47 Å². The largest absolute Gasteiger partial charge is 0.491 e. The molecule has 1 aromatic heterocycles. The highest BCUT2D eigenvalue weighted by molar-refractivity contribution is 9.10. The van der Waals surface area contributed by atoms with Gasteiger partial charge in [-0.05, 0) is 87.4 Å². The van der Waals surface area contributed by atoms with Crippen LogP contribution in [0, 0.1) is 0 Å². The highest BCUT2D eigenvalue weighted by Crippen LogP contribution is 2.51. The van der Waals surface area contributed by atoms with Crippen molar-refractivity contribution < 1.29 is 51.4 Å². The van der Waals surface area contributed by atoms with Crippen LogP contribution in [-0.2, 0) is 32.0 Å². The number of halogens is 4. The lowest BCUT2D eigenvalue weighted by atomic mass is 9.96. The van der Waals surface area contributed by atoms with Gasteiger partial charge in [-0.15, -0.1) is 0 Å². The summed E-state index contributed by atoms with van der Waals surface area (Å²) in [6, 6.07) is 26.6. The lowest BCUT2D eigenvalue weighted by molar-refractivity contribution is -0.938. The second-order valence-corrected chi connectivity index (χ2v) is 17.6. The first kappa shape index (κ1) is 44.0. The minimum atomic E-state index is -5.24. The maximum atomic E-state index is 13.2. The number of aryl methyl sites for hydroxylation is 1. The number of hydrogen-bond acceptors (Lipinski definition) is 9. The van der Waals surface area contributed by atoms with Crippen LogP contribution in [0.5, 0.6) is 5.75 Å². The van der Waals surface area contributed by atoms with Crippen LogP contribution < -0.4 is 26.2 Å². The smallest absolute Gasteiger partial charge is 0.445 e. The molecular weight excluding hydrogens is 887 g/mol. The van der Waals surface area contributed by atoms with Crippen molar-refractivity contribution in [3.05, 3.63) is 123 Å². The summed E-state index contributed by atoms with van der Waals surface area (Å²) in [4.78, 5) is 52.1. The predicted molar refractivity (Wildman–Crippen MR) is 232 cm³/mol. The van der Waals surface area contributed by atoms with Crippen LogP contribution in [0.2, 0.25) is 0 Å². The van der Waals surface area contributed by atoms with E-state index >= 15 is 0 Å². The average molecular weight is 934 g/mol. The maximum Gasteiger partial charge on any atom is 0.491 e. The van der Waals surface area contributed by atoms with E-state index in [1.54, 1.807) is 6.07 Å². The molecule has 0 spiro atoms. The third kappa shape index (κ3) is 9.82. The molecule has 3 aliphatic rings. The fourth-order valence-corrected chi connectivity index (χ4v) is 9.51. The maximum absolute atomic E-state index is 13.2. The molecule has 330 valence electrons. The molecule has 8 rings (SSSR count). The second kappa shape index (κ2) is 17.9. The summed E-state index contributed by atoms with van der Waals surface area (Å²) < 4.78 is 56.4. The summed E-state index contributed by atoms with van der Waals surface area (Å²) in [5, 5.41) is 20.3. The number of carbonyl (C=O) groups is 3. The number of carbonyl (C=O) groups excluding carboxylic acids is 3. The first-order valence-corrected chi connectivity index (χ1v) is 21.4.